The third kappa shape index (κ3) is 3.78. The minimum atomic E-state index is -1.06. The van der Waals surface area contributed by atoms with E-state index in [2.05, 4.69) is 10.3 Å². The van der Waals surface area contributed by atoms with Crippen LogP contribution in [0.2, 0.25) is 0 Å². The van der Waals surface area contributed by atoms with Gasteiger partial charge < -0.3 is 16.2 Å². The van der Waals surface area contributed by atoms with E-state index in [9.17, 15) is 14.3 Å². The van der Waals surface area contributed by atoms with Crippen molar-refractivity contribution in [1.29, 1.82) is 0 Å². The average Bonchev–Trinajstić information content (AvgIpc) is 3.04. The van der Waals surface area contributed by atoms with Gasteiger partial charge in [-0.2, -0.15) is 0 Å². The highest BCUT2D eigenvalue weighted by Gasteiger charge is 2.24. The van der Waals surface area contributed by atoms with Crippen LogP contribution in [0.15, 0.2) is 65.7 Å². The van der Waals surface area contributed by atoms with Crippen molar-refractivity contribution in [3.8, 4) is 22.4 Å². The van der Waals surface area contributed by atoms with Crippen LogP contribution >= 0.6 is 0 Å². The van der Waals surface area contributed by atoms with Crippen LogP contribution < -0.4 is 11.1 Å². The van der Waals surface area contributed by atoms with E-state index < -0.39 is 17.8 Å². The summed E-state index contributed by atoms with van der Waals surface area (Å²) in [7, 11) is 0. The number of carboxylic acids is 1. The van der Waals surface area contributed by atoms with Gasteiger partial charge in [-0.1, -0.05) is 36.4 Å². The van der Waals surface area contributed by atoms with Crippen molar-refractivity contribution in [1.82, 2.24) is 4.98 Å². The second-order valence-electron chi connectivity index (χ2n) is 8.07. The van der Waals surface area contributed by atoms with Gasteiger partial charge in [0, 0.05) is 28.4 Å². The number of aliphatic imine (C=N–C) groups is 1. The van der Waals surface area contributed by atoms with E-state index in [0.717, 1.165) is 33.5 Å². The second kappa shape index (κ2) is 8.02. The molecule has 0 amide bonds. The van der Waals surface area contributed by atoms with Gasteiger partial charge in [0.1, 0.15) is 5.82 Å². The van der Waals surface area contributed by atoms with E-state index in [0.29, 0.717) is 22.3 Å². The van der Waals surface area contributed by atoms with Crippen molar-refractivity contribution >= 4 is 34.5 Å². The van der Waals surface area contributed by atoms with Gasteiger partial charge in [-0.15, -0.1) is 0 Å². The summed E-state index contributed by atoms with van der Waals surface area (Å²) >= 11 is 0. The molecule has 0 bridgehead atoms. The van der Waals surface area contributed by atoms with Crippen LogP contribution in [0.5, 0.6) is 0 Å². The number of aryl methyl sites for hydroxylation is 1. The van der Waals surface area contributed by atoms with Crippen molar-refractivity contribution in [3.63, 3.8) is 0 Å². The van der Waals surface area contributed by atoms with Crippen LogP contribution in [0.3, 0.4) is 0 Å². The molecule has 1 aliphatic rings. The summed E-state index contributed by atoms with van der Waals surface area (Å²) in [5.74, 6) is -1.48. The molecule has 4 N–H and O–H groups in total. The number of rotatable bonds is 3. The van der Waals surface area contributed by atoms with Crippen molar-refractivity contribution in [2.75, 3.05) is 11.1 Å². The Kier molecular flexibility index (Phi) is 5.01. The van der Waals surface area contributed by atoms with Gasteiger partial charge >= 0.3 is 5.97 Å². The number of benzene rings is 3. The quantitative estimate of drug-likeness (QED) is 0.387. The Bertz CT molecular complexity index is 1430. The summed E-state index contributed by atoms with van der Waals surface area (Å²) < 4.78 is 14.0. The van der Waals surface area contributed by atoms with Crippen LogP contribution in [0, 0.1) is 12.7 Å². The summed E-state index contributed by atoms with van der Waals surface area (Å²) in [6.45, 7) is 2.20. The minimum Gasteiger partial charge on any atom is -0.479 e. The zero-order valence-corrected chi connectivity index (χ0v) is 17.8. The van der Waals surface area contributed by atoms with Gasteiger partial charge in [0.2, 0.25) is 0 Å². The molecule has 0 fully saturated rings. The lowest BCUT2D eigenvalue weighted by Gasteiger charge is -2.18. The van der Waals surface area contributed by atoms with Crippen LogP contribution in [0.4, 0.5) is 15.8 Å². The van der Waals surface area contributed by atoms with E-state index in [-0.39, 0.29) is 6.54 Å². The molecule has 6 nitrogen and oxygen atoms in total. The number of aliphatic carboxylic acids is 1. The molecule has 164 valence electrons. The number of anilines is 2. The molecule has 0 aliphatic carbocycles. The molecule has 1 aliphatic heterocycles. The Hall–Kier alpha value is -4.26. The number of carbonyl (C=O) groups is 1. The SMILES string of the molecule is Cc1ccc(-c2ccc(-c3nc4ccc(F)cc4c4c3CN=CC(C(=O)O)N4)cc2)cc1N. The first kappa shape index (κ1) is 20.6. The van der Waals surface area contributed by atoms with Crippen LogP contribution in [0.1, 0.15) is 11.1 Å². The zero-order chi connectivity index (χ0) is 23.1. The highest BCUT2D eigenvalue weighted by Crippen LogP contribution is 2.37. The van der Waals surface area contributed by atoms with Crippen molar-refractivity contribution in [3.05, 3.63) is 77.6 Å². The van der Waals surface area contributed by atoms with Crippen LogP contribution in [-0.4, -0.2) is 28.3 Å². The number of nitrogens with two attached hydrogens (primary N) is 1. The maximum Gasteiger partial charge on any atom is 0.331 e. The largest absolute Gasteiger partial charge is 0.479 e. The standard InChI is InChI=1S/C26H21FN4O2/c1-14-2-3-17(10-21(14)28)15-4-6-16(7-5-15)24-20-12-29-13-23(26(32)33)31-25(20)19-11-18(27)8-9-22(19)30-24/h2-11,13,23,31H,12,28H2,1H3,(H,32,33). The van der Waals surface area contributed by atoms with Crippen LogP contribution in [0.25, 0.3) is 33.3 Å². The number of fused-ring (bicyclic) bond motifs is 3. The number of carboxylic acid groups (broad SMARTS) is 1. The van der Waals surface area contributed by atoms with Gasteiger partial charge in [0.05, 0.1) is 23.4 Å². The molecule has 1 aromatic heterocycles. The molecule has 5 rings (SSSR count). The summed E-state index contributed by atoms with van der Waals surface area (Å²) in [5, 5.41) is 13.1. The predicted molar refractivity (Wildman–Crippen MR) is 129 cm³/mol. The van der Waals surface area contributed by atoms with E-state index in [1.165, 1.54) is 18.3 Å². The van der Waals surface area contributed by atoms with E-state index >= 15 is 0 Å². The first-order valence-electron chi connectivity index (χ1n) is 10.5. The molecule has 1 atom stereocenters. The predicted octanol–water partition coefficient (Wildman–Crippen LogP) is 5.05. The topological polar surface area (TPSA) is 101 Å². The lowest BCUT2D eigenvalue weighted by molar-refractivity contribution is -0.136. The normalized spacial score (nSPS) is 15.0. The third-order valence-corrected chi connectivity index (χ3v) is 5.89. The molecular formula is C26H21FN4O2. The molecule has 2 heterocycles. The number of pyridine rings is 1. The number of hydrogen-bond donors (Lipinski definition) is 3. The fraction of sp³-hybridized carbons (Fsp3) is 0.115. The maximum atomic E-state index is 14.0. The molecule has 0 radical (unpaired) electrons. The Balaban J connectivity index is 1.65. The minimum absolute atomic E-state index is 0.233. The monoisotopic (exact) mass is 440 g/mol. The number of nitrogen functional groups attached to an aromatic ring is 1. The molecule has 7 heteroatoms. The molecule has 0 saturated carbocycles. The number of nitrogens with one attached hydrogen (secondary N) is 1. The fourth-order valence-electron chi connectivity index (χ4n) is 4.04. The average molecular weight is 440 g/mol. The van der Waals surface area contributed by atoms with Crippen molar-refractivity contribution < 1.29 is 14.3 Å². The van der Waals surface area contributed by atoms with E-state index in [1.54, 1.807) is 6.07 Å². The highest BCUT2D eigenvalue weighted by atomic mass is 19.1. The Morgan fingerprint density at radius 3 is 2.52 bits per heavy atom. The molecule has 3 aromatic carbocycles. The van der Waals surface area contributed by atoms with Gasteiger partial charge in [-0.3, -0.25) is 4.99 Å². The molecular weight excluding hydrogens is 419 g/mol. The zero-order valence-electron chi connectivity index (χ0n) is 17.8. The molecule has 0 saturated heterocycles. The van der Waals surface area contributed by atoms with E-state index in [1.807, 2.05) is 49.4 Å². The van der Waals surface area contributed by atoms with E-state index in [4.69, 9.17) is 10.7 Å². The molecule has 1 unspecified atom stereocenters. The summed E-state index contributed by atoms with van der Waals surface area (Å²) in [6.07, 6.45) is 1.36. The summed E-state index contributed by atoms with van der Waals surface area (Å²) in [5.41, 5.74) is 13.2. The van der Waals surface area contributed by atoms with Gasteiger partial charge in [0.25, 0.3) is 0 Å². The lowest BCUT2D eigenvalue weighted by Crippen LogP contribution is -2.30. The Morgan fingerprint density at radius 2 is 1.79 bits per heavy atom. The third-order valence-electron chi connectivity index (χ3n) is 5.89. The first-order chi connectivity index (χ1) is 15.9. The number of nitrogens with zero attached hydrogens (tertiary/aromatic N) is 2. The lowest BCUT2D eigenvalue weighted by atomic mass is 9.97. The van der Waals surface area contributed by atoms with Crippen LogP contribution in [-0.2, 0) is 11.3 Å². The Morgan fingerprint density at radius 1 is 1.06 bits per heavy atom. The molecule has 4 aromatic rings. The smallest absolute Gasteiger partial charge is 0.331 e. The number of halogens is 1. The Labute approximate surface area is 189 Å². The van der Waals surface area contributed by atoms with Gasteiger partial charge in [0.15, 0.2) is 6.04 Å². The second-order valence-corrected chi connectivity index (χ2v) is 8.07. The van der Waals surface area contributed by atoms with Gasteiger partial charge in [-0.05, 0) is 47.9 Å². The number of hydrogen-bond acceptors (Lipinski definition) is 5. The molecule has 0 spiro atoms. The maximum absolute atomic E-state index is 14.0. The number of aromatic nitrogens is 1. The summed E-state index contributed by atoms with van der Waals surface area (Å²) in [6, 6.07) is 17.2. The van der Waals surface area contributed by atoms with Gasteiger partial charge in [-0.25, -0.2) is 14.2 Å². The summed E-state index contributed by atoms with van der Waals surface area (Å²) in [4.78, 5) is 20.7. The fourth-order valence-corrected chi connectivity index (χ4v) is 4.04. The first-order valence-corrected chi connectivity index (χ1v) is 10.5. The van der Waals surface area contributed by atoms with Crippen molar-refractivity contribution in [2.45, 2.75) is 19.5 Å². The highest BCUT2D eigenvalue weighted by molar-refractivity contribution is 6.03. The van der Waals surface area contributed by atoms with Crippen molar-refractivity contribution in [2.24, 2.45) is 4.99 Å². The molecule has 33 heavy (non-hydrogen) atoms.